The number of fused-ring (bicyclic) bond motifs is 1. The van der Waals surface area contributed by atoms with Gasteiger partial charge in [-0.2, -0.15) is 0 Å². The predicted octanol–water partition coefficient (Wildman–Crippen LogP) is 4.64. The molecule has 6 heteroatoms. The molecule has 0 spiro atoms. The summed E-state index contributed by atoms with van der Waals surface area (Å²) in [6, 6.07) is 12.1. The van der Waals surface area contributed by atoms with Crippen molar-refractivity contribution >= 4 is 11.7 Å². The number of carbonyl (C=O) groups is 1. The average Bonchev–Trinajstić information content (AvgIpc) is 3.14. The smallest absolute Gasteiger partial charge is 0.266 e. The highest BCUT2D eigenvalue weighted by Crippen LogP contribution is 2.30. The van der Waals surface area contributed by atoms with Crippen molar-refractivity contribution in [2.24, 2.45) is 0 Å². The second kappa shape index (κ2) is 8.07. The first-order valence-electron chi connectivity index (χ1n) is 10.00. The quantitative estimate of drug-likeness (QED) is 0.686. The molecule has 1 unspecified atom stereocenters. The second-order valence-corrected chi connectivity index (χ2v) is 7.72. The lowest BCUT2D eigenvalue weighted by atomic mass is 9.90. The van der Waals surface area contributed by atoms with E-state index in [2.05, 4.69) is 33.8 Å². The van der Waals surface area contributed by atoms with Crippen LogP contribution in [0.5, 0.6) is 5.75 Å². The lowest BCUT2D eigenvalue weighted by Crippen LogP contribution is -2.30. The van der Waals surface area contributed by atoms with Gasteiger partial charge in [-0.05, 0) is 97.2 Å². The summed E-state index contributed by atoms with van der Waals surface area (Å²) in [7, 11) is 0. The first-order valence-corrected chi connectivity index (χ1v) is 10.00. The molecule has 1 heterocycles. The largest absolute Gasteiger partial charge is 0.481 e. The maximum absolute atomic E-state index is 12.7. The van der Waals surface area contributed by atoms with E-state index in [0.29, 0.717) is 17.3 Å². The first kappa shape index (κ1) is 19.2. The molecule has 4 rings (SSSR count). The van der Waals surface area contributed by atoms with Gasteiger partial charge in [0.05, 0.1) is 0 Å². The SMILES string of the molecule is Cc1cc(C)cc(OC(C)C(=O)Nc2nonc2-c2ccc3c(c2)CCCC3)c1. The summed E-state index contributed by atoms with van der Waals surface area (Å²) < 4.78 is 10.7. The van der Waals surface area contributed by atoms with Crippen LogP contribution in [0.1, 0.15) is 42.0 Å². The minimum absolute atomic E-state index is 0.306. The third-order valence-electron chi connectivity index (χ3n) is 5.23. The molecule has 0 bridgehead atoms. The molecule has 6 nitrogen and oxygen atoms in total. The summed E-state index contributed by atoms with van der Waals surface area (Å²) in [6.07, 6.45) is 3.92. The maximum atomic E-state index is 12.7. The standard InChI is InChI=1S/C23H25N3O3/c1-14-10-15(2)12-20(11-14)28-16(3)23(27)24-22-21(25-29-26-22)19-9-8-17-6-4-5-7-18(17)13-19/h8-13,16H,4-7H2,1-3H3,(H,24,26,27). The van der Waals surface area contributed by atoms with Crippen molar-refractivity contribution in [2.45, 2.75) is 52.6 Å². The highest BCUT2D eigenvalue weighted by molar-refractivity contribution is 5.96. The third-order valence-corrected chi connectivity index (χ3v) is 5.23. The zero-order valence-electron chi connectivity index (χ0n) is 17.0. The number of amides is 1. The van der Waals surface area contributed by atoms with Gasteiger partial charge in [-0.1, -0.05) is 18.2 Å². The van der Waals surface area contributed by atoms with Crippen LogP contribution in [0, 0.1) is 13.8 Å². The van der Waals surface area contributed by atoms with E-state index in [1.54, 1.807) is 6.92 Å². The Balaban J connectivity index is 1.49. The van der Waals surface area contributed by atoms with Crippen LogP contribution in [0.25, 0.3) is 11.3 Å². The number of hydrogen-bond acceptors (Lipinski definition) is 5. The van der Waals surface area contributed by atoms with Crippen LogP contribution >= 0.6 is 0 Å². The van der Waals surface area contributed by atoms with Crippen molar-refractivity contribution in [2.75, 3.05) is 5.32 Å². The average molecular weight is 391 g/mol. The number of benzene rings is 2. The number of hydrogen-bond donors (Lipinski definition) is 1. The van der Waals surface area contributed by atoms with Crippen LogP contribution in [0.15, 0.2) is 41.0 Å². The Labute approximate surface area is 170 Å². The van der Waals surface area contributed by atoms with Crippen LogP contribution in [0.3, 0.4) is 0 Å². The molecule has 0 aliphatic heterocycles. The zero-order valence-corrected chi connectivity index (χ0v) is 17.0. The van der Waals surface area contributed by atoms with Crippen LogP contribution in [0.4, 0.5) is 5.82 Å². The van der Waals surface area contributed by atoms with Crippen molar-refractivity contribution in [1.82, 2.24) is 10.3 Å². The summed E-state index contributed by atoms with van der Waals surface area (Å²) in [6.45, 7) is 5.70. The Bertz CT molecular complexity index is 1020. The topological polar surface area (TPSA) is 77.2 Å². The number of nitrogens with one attached hydrogen (secondary N) is 1. The summed E-state index contributed by atoms with van der Waals surface area (Å²) >= 11 is 0. The highest BCUT2D eigenvalue weighted by Gasteiger charge is 2.21. The van der Waals surface area contributed by atoms with Gasteiger partial charge in [-0.25, -0.2) is 4.63 Å². The van der Waals surface area contributed by atoms with E-state index in [4.69, 9.17) is 9.37 Å². The van der Waals surface area contributed by atoms with E-state index in [9.17, 15) is 4.79 Å². The van der Waals surface area contributed by atoms with E-state index >= 15 is 0 Å². The molecular weight excluding hydrogens is 366 g/mol. The van der Waals surface area contributed by atoms with E-state index < -0.39 is 6.10 Å². The fourth-order valence-corrected chi connectivity index (χ4v) is 3.82. The Morgan fingerprint density at radius 2 is 1.76 bits per heavy atom. The minimum Gasteiger partial charge on any atom is -0.481 e. The molecule has 150 valence electrons. The molecular formula is C23H25N3O3. The second-order valence-electron chi connectivity index (χ2n) is 7.72. The van der Waals surface area contributed by atoms with Crippen LogP contribution in [-0.4, -0.2) is 22.3 Å². The summed E-state index contributed by atoms with van der Waals surface area (Å²) in [5.41, 5.74) is 6.32. The molecule has 1 aliphatic carbocycles. The van der Waals surface area contributed by atoms with Gasteiger partial charge in [0.25, 0.3) is 5.91 Å². The number of aryl methyl sites for hydroxylation is 4. The molecule has 0 saturated carbocycles. The molecule has 29 heavy (non-hydrogen) atoms. The fraction of sp³-hybridized carbons (Fsp3) is 0.348. The van der Waals surface area contributed by atoms with Gasteiger partial charge in [0, 0.05) is 5.56 Å². The monoisotopic (exact) mass is 391 g/mol. The van der Waals surface area contributed by atoms with Gasteiger partial charge in [0.2, 0.25) is 5.82 Å². The van der Waals surface area contributed by atoms with Gasteiger partial charge in [0.15, 0.2) is 11.8 Å². The van der Waals surface area contributed by atoms with E-state index in [-0.39, 0.29) is 5.91 Å². The fourth-order valence-electron chi connectivity index (χ4n) is 3.82. The molecule has 3 aromatic rings. The first-order chi connectivity index (χ1) is 14.0. The third kappa shape index (κ3) is 4.31. The number of ether oxygens (including phenoxy) is 1. The molecule has 1 N–H and O–H groups in total. The maximum Gasteiger partial charge on any atom is 0.266 e. The van der Waals surface area contributed by atoms with Crippen molar-refractivity contribution in [1.29, 1.82) is 0 Å². The van der Waals surface area contributed by atoms with Crippen molar-refractivity contribution in [3.05, 3.63) is 58.7 Å². The molecule has 1 amide bonds. The molecule has 0 radical (unpaired) electrons. The molecule has 1 aromatic heterocycles. The molecule has 1 aliphatic rings. The van der Waals surface area contributed by atoms with Crippen molar-refractivity contribution < 1.29 is 14.2 Å². The Kier molecular flexibility index (Phi) is 5.34. The number of anilines is 1. The molecule has 2 aromatic carbocycles. The minimum atomic E-state index is -0.690. The van der Waals surface area contributed by atoms with Gasteiger partial charge in [-0.15, -0.1) is 0 Å². The zero-order chi connectivity index (χ0) is 20.4. The van der Waals surface area contributed by atoms with E-state index in [1.165, 1.54) is 24.0 Å². The number of aromatic nitrogens is 2. The molecule has 0 fully saturated rings. The lowest BCUT2D eigenvalue weighted by Gasteiger charge is -2.16. The Morgan fingerprint density at radius 1 is 1.03 bits per heavy atom. The Hall–Kier alpha value is -3.15. The normalized spacial score (nSPS) is 14.2. The number of rotatable bonds is 5. The van der Waals surface area contributed by atoms with Crippen LogP contribution in [-0.2, 0) is 17.6 Å². The van der Waals surface area contributed by atoms with Crippen LogP contribution < -0.4 is 10.1 Å². The van der Waals surface area contributed by atoms with Gasteiger partial charge in [-0.3, -0.25) is 4.79 Å². The molecule has 1 atom stereocenters. The number of carbonyl (C=O) groups excluding carboxylic acids is 1. The predicted molar refractivity (Wildman–Crippen MR) is 111 cm³/mol. The van der Waals surface area contributed by atoms with Gasteiger partial charge < -0.3 is 10.1 Å². The summed E-state index contributed by atoms with van der Waals surface area (Å²) in [5.74, 6) is 0.666. The van der Waals surface area contributed by atoms with E-state index in [1.807, 2.05) is 32.0 Å². The van der Waals surface area contributed by atoms with Crippen LogP contribution in [0.2, 0.25) is 0 Å². The van der Waals surface area contributed by atoms with E-state index in [0.717, 1.165) is 29.5 Å². The highest BCUT2D eigenvalue weighted by atomic mass is 16.6. The van der Waals surface area contributed by atoms with Crippen molar-refractivity contribution in [3.8, 4) is 17.0 Å². The number of nitrogens with zero attached hydrogens (tertiary/aromatic N) is 2. The Morgan fingerprint density at radius 3 is 2.52 bits per heavy atom. The molecule has 0 saturated heterocycles. The van der Waals surface area contributed by atoms with Crippen molar-refractivity contribution in [3.63, 3.8) is 0 Å². The summed E-state index contributed by atoms with van der Waals surface area (Å²) in [5, 5.41) is 10.7. The van der Waals surface area contributed by atoms with Gasteiger partial charge in [0.1, 0.15) is 5.75 Å². The van der Waals surface area contributed by atoms with Gasteiger partial charge >= 0.3 is 0 Å². The summed E-state index contributed by atoms with van der Waals surface area (Å²) in [4.78, 5) is 12.7. The lowest BCUT2D eigenvalue weighted by molar-refractivity contribution is -0.122.